The van der Waals surface area contributed by atoms with Gasteiger partial charge in [-0.05, 0) is 45.4 Å². The summed E-state index contributed by atoms with van der Waals surface area (Å²) < 4.78 is 20.7. The zero-order chi connectivity index (χ0) is 14.8. The van der Waals surface area contributed by atoms with E-state index in [4.69, 9.17) is 4.42 Å². The number of nitrogens with one attached hydrogen (secondary N) is 1. The van der Waals surface area contributed by atoms with Crippen LogP contribution in [0.3, 0.4) is 0 Å². The molecule has 0 aliphatic heterocycles. The molecule has 2 atom stereocenters. The number of benzene rings is 1. The Kier molecular flexibility index (Phi) is 4.45. The summed E-state index contributed by atoms with van der Waals surface area (Å²) >= 11 is 0. The van der Waals surface area contributed by atoms with Gasteiger partial charge in [-0.15, -0.1) is 0 Å². The lowest BCUT2D eigenvalue weighted by molar-refractivity contribution is 0.476. The number of furan rings is 1. The molecule has 0 bridgehead atoms. The number of aryl methyl sites for hydroxylation is 1. The summed E-state index contributed by atoms with van der Waals surface area (Å²) in [4.78, 5) is 0. The van der Waals surface area contributed by atoms with Crippen molar-refractivity contribution in [1.29, 1.82) is 0 Å². The van der Waals surface area contributed by atoms with E-state index in [2.05, 4.69) is 4.72 Å². The minimum atomic E-state index is -1.17. The van der Waals surface area contributed by atoms with Gasteiger partial charge in [0.05, 0.1) is 22.0 Å². The summed E-state index contributed by atoms with van der Waals surface area (Å²) in [6.07, 6.45) is 1.64. The Morgan fingerprint density at radius 2 is 1.80 bits per heavy atom. The van der Waals surface area contributed by atoms with Crippen LogP contribution in [0.1, 0.15) is 43.7 Å². The van der Waals surface area contributed by atoms with Gasteiger partial charge in [0.25, 0.3) is 0 Å². The van der Waals surface area contributed by atoms with Crippen molar-refractivity contribution >= 4 is 11.0 Å². The van der Waals surface area contributed by atoms with Crippen molar-refractivity contribution in [3.05, 3.63) is 59.5 Å². The maximum absolute atomic E-state index is 12.4. The second-order valence-corrected chi connectivity index (χ2v) is 7.86. The summed E-state index contributed by atoms with van der Waals surface area (Å²) in [5.41, 5.74) is 2.24. The van der Waals surface area contributed by atoms with E-state index in [1.165, 1.54) is 5.56 Å². The molecule has 2 rings (SSSR count). The molecule has 0 fully saturated rings. The third-order valence-corrected chi connectivity index (χ3v) is 4.58. The lowest BCUT2D eigenvalue weighted by atomic mass is 10.0. The first-order valence-corrected chi connectivity index (χ1v) is 7.81. The second kappa shape index (κ2) is 5.94. The van der Waals surface area contributed by atoms with Crippen LogP contribution in [0.5, 0.6) is 0 Å². The third-order valence-electron chi connectivity index (χ3n) is 3.02. The molecule has 1 N–H and O–H groups in total. The monoisotopic (exact) mass is 291 g/mol. The molecule has 0 radical (unpaired) electrons. The van der Waals surface area contributed by atoms with Crippen molar-refractivity contribution in [2.45, 2.75) is 38.5 Å². The highest BCUT2D eigenvalue weighted by Gasteiger charge is 2.25. The molecule has 0 aliphatic rings. The minimum absolute atomic E-state index is 0.203. The minimum Gasteiger partial charge on any atom is -0.467 e. The lowest BCUT2D eigenvalue weighted by Gasteiger charge is -2.23. The van der Waals surface area contributed by atoms with Gasteiger partial charge in [-0.25, -0.2) is 8.93 Å². The van der Waals surface area contributed by atoms with Gasteiger partial charge in [0.1, 0.15) is 11.8 Å². The van der Waals surface area contributed by atoms with E-state index in [9.17, 15) is 4.21 Å². The maximum atomic E-state index is 12.4. The van der Waals surface area contributed by atoms with Crippen LogP contribution in [0, 0.1) is 6.92 Å². The highest BCUT2D eigenvalue weighted by Crippen LogP contribution is 2.25. The fourth-order valence-corrected chi connectivity index (χ4v) is 2.61. The molecule has 1 aromatic heterocycles. The van der Waals surface area contributed by atoms with E-state index in [0.29, 0.717) is 0 Å². The first kappa shape index (κ1) is 15.0. The predicted octanol–water partition coefficient (Wildman–Crippen LogP) is 3.73. The predicted molar refractivity (Wildman–Crippen MR) is 82.8 cm³/mol. The molecular weight excluding hydrogens is 270 g/mol. The molecule has 108 valence electrons. The quantitative estimate of drug-likeness (QED) is 0.932. The molecule has 2 aromatic rings. The van der Waals surface area contributed by atoms with Crippen LogP contribution in [-0.2, 0) is 11.0 Å². The molecule has 1 aromatic carbocycles. The van der Waals surface area contributed by atoms with Gasteiger partial charge in [-0.1, -0.05) is 29.8 Å². The summed E-state index contributed by atoms with van der Waals surface area (Å²) in [5, 5.41) is 0. The normalized spacial score (nSPS) is 15.0. The van der Waals surface area contributed by atoms with Gasteiger partial charge in [-0.2, -0.15) is 0 Å². The highest BCUT2D eigenvalue weighted by atomic mass is 32.2. The van der Waals surface area contributed by atoms with Gasteiger partial charge in [0.2, 0.25) is 0 Å². The van der Waals surface area contributed by atoms with E-state index in [-0.39, 0.29) is 10.8 Å². The van der Waals surface area contributed by atoms with Crippen molar-refractivity contribution in [2.24, 2.45) is 0 Å². The van der Waals surface area contributed by atoms with Crippen molar-refractivity contribution in [1.82, 2.24) is 4.72 Å². The number of hydrogen-bond acceptors (Lipinski definition) is 2. The topological polar surface area (TPSA) is 42.2 Å². The van der Waals surface area contributed by atoms with Crippen LogP contribution in [0.4, 0.5) is 0 Å². The molecule has 0 aliphatic carbocycles. The summed E-state index contributed by atoms with van der Waals surface area (Å²) in [5.74, 6) is 0.770. The zero-order valence-corrected chi connectivity index (χ0v) is 13.2. The van der Waals surface area contributed by atoms with Crippen molar-refractivity contribution in [3.63, 3.8) is 0 Å². The standard InChI is InChI=1S/C16H21NO2S/c1-12-7-9-13(10-8-12)15(14-6-5-11-19-14)17-20(18)16(2,3)4/h5-11,15,17H,1-4H3/t15-,20?/m0/s1. The largest absolute Gasteiger partial charge is 0.467 e. The summed E-state index contributed by atoms with van der Waals surface area (Å²) in [6.45, 7) is 7.89. The Morgan fingerprint density at radius 3 is 2.30 bits per heavy atom. The molecule has 0 amide bonds. The van der Waals surface area contributed by atoms with Crippen molar-refractivity contribution < 1.29 is 8.63 Å². The van der Waals surface area contributed by atoms with Gasteiger partial charge in [0.15, 0.2) is 0 Å². The molecule has 1 heterocycles. The van der Waals surface area contributed by atoms with Gasteiger partial charge in [-0.3, -0.25) is 0 Å². The Morgan fingerprint density at radius 1 is 1.15 bits per heavy atom. The zero-order valence-electron chi connectivity index (χ0n) is 12.3. The molecule has 4 heteroatoms. The third kappa shape index (κ3) is 3.58. The van der Waals surface area contributed by atoms with E-state index in [1.807, 2.05) is 64.1 Å². The van der Waals surface area contributed by atoms with Crippen LogP contribution in [0.15, 0.2) is 47.1 Å². The Hall–Kier alpha value is -1.39. The molecule has 0 saturated carbocycles. The van der Waals surface area contributed by atoms with Gasteiger partial charge in [0, 0.05) is 0 Å². The van der Waals surface area contributed by atoms with Crippen LogP contribution in [0.25, 0.3) is 0 Å². The Bertz CT molecular complexity index is 568. The molecule has 0 saturated heterocycles. The van der Waals surface area contributed by atoms with Crippen LogP contribution in [0.2, 0.25) is 0 Å². The van der Waals surface area contributed by atoms with Crippen LogP contribution < -0.4 is 4.72 Å². The van der Waals surface area contributed by atoms with Gasteiger partial charge >= 0.3 is 0 Å². The summed E-state index contributed by atoms with van der Waals surface area (Å²) in [6, 6.07) is 11.7. The average Bonchev–Trinajstić information content (AvgIpc) is 2.89. The molecular formula is C16H21NO2S. The number of hydrogen-bond donors (Lipinski definition) is 1. The first-order valence-electron chi connectivity index (χ1n) is 6.66. The van der Waals surface area contributed by atoms with Crippen molar-refractivity contribution in [3.8, 4) is 0 Å². The average molecular weight is 291 g/mol. The molecule has 20 heavy (non-hydrogen) atoms. The van der Waals surface area contributed by atoms with Crippen molar-refractivity contribution in [2.75, 3.05) is 0 Å². The molecule has 3 nitrogen and oxygen atoms in total. The fourth-order valence-electron chi connectivity index (χ4n) is 1.79. The van der Waals surface area contributed by atoms with E-state index in [0.717, 1.165) is 11.3 Å². The highest BCUT2D eigenvalue weighted by molar-refractivity contribution is 7.84. The molecule has 0 spiro atoms. The van der Waals surface area contributed by atoms with Crippen LogP contribution >= 0.6 is 0 Å². The Labute approximate surface area is 123 Å². The Balaban J connectivity index is 2.31. The number of rotatable bonds is 4. The maximum Gasteiger partial charge on any atom is 0.126 e. The summed E-state index contributed by atoms with van der Waals surface area (Å²) in [7, 11) is -1.17. The smallest absolute Gasteiger partial charge is 0.126 e. The lowest BCUT2D eigenvalue weighted by Crippen LogP contribution is -2.36. The molecule has 1 unspecified atom stereocenters. The fraction of sp³-hybridized carbons (Fsp3) is 0.375. The van der Waals surface area contributed by atoms with E-state index >= 15 is 0 Å². The van der Waals surface area contributed by atoms with Gasteiger partial charge < -0.3 is 4.42 Å². The van der Waals surface area contributed by atoms with E-state index < -0.39 is 11.0 Å². The second-order valence-electron chi connectivity index (χ2n) is 5.86. The first-order chi connectivity index (χ1) is 9.38. The van der Waals surface area contributed by atoms with Crippen LogP contribution in [-0.4, -0.2) is 8.96 Å². The van der Waals surface area contributed by atoms with E-state index in [1.54, 1.807) is 6.26 Å². The SMILES string of the molecule is Cc1ccc([C@H](NS(=O)C(C)(C)C)c2ccco2)cc1.